The molecule has 0 spiro atoms. The Morgan fingerprint density at radius 1 is 1.47 bits per heavy atom. The Morgan fingerprint density at radius 3 is 2.65 bits per heavy atom. The molecule has 0 bridgehead atoms. The number of carbonyl (C=O) groups is 1. The van der Waals surface area contributed by atoms with Gasteiger partial charge in [-0.1, -0.05) is 13.8 Å². The number of hydrogen-bond acceptors (Lipinski definition) is 4. The van der Waals surface area contributed by atoms with Crippen molar-refractivity contribution < 1.29 is 9.53 Å². The van der Waals surface area contributed by atoms with Gasteiger partial charge in [0.15, 0.2) is 0 Å². The summed E-state index contributed by atoms with van der Waals surface area (Å²) < 4.78 is 4.81. The molecule has 0 aliphatic carbocycles. The molecular formula is C13H26N2O2. The van der Waals surface area contributed by atoms with Crippen molar-refractivity contribution in [1.82, 2.24) is 10.2 Å². The van der Waals surface area contributed by atoms with Gasteiger partial charge in [-0.2, -0.15) is 0 Å². The molecule has 0 aromatic heterocycles. The number of likely N-dealkylation sites (N-methyl/N-ethyl adjacent to an activating group) is 1. The Morgan fingerprint density at radius 2 is 2.12 bits per heavy atom. The Kier molecular flexibility index (Phi) is 5.40. The molecule has 1 saturated heterocycles. The van der Waals surface area contributed by atoms with E-state index in [1.165, 1.54) is 13.5 Å². The predicted molar refractivity (Wildman–Crippen MR) is 68.8 cm³/mol. The molecule has 0 radical (unpaired) electrons. The van der Waals surface area contributed by atoms with Gasteiger partial charge in [0.25, 0.3) is 0 Å². The van der Waals surface area contributed by atoms with Gasteiger partial charge in [-0.25, -0.2) is 0 Å². The van der Waals surface area contributed by atoms with Crippen molar-refractivity contribution >= 4 is 5.97 Å². The van der Waals surface area contributed by atoms with Crippen LogP contribution in [0.4, 0.5) is 0 Å². The summed E-state index contributed by atoms with van der Waals surface area (Å²) in [5.74, 6) is 1.22. The number of esters is 1. The molecule has 17 heavy (non-hydrogen) atoms. The molecule has 4 unspecified atom stereocenters. The highest BCUT2D eigenvalue weighted by Crippen LogP contribution is 2.26. The first-order valence-corrected chi connectivity index (χ1v) is 6.48. The molecule has 1 heterocycles. The van der Waals surface area contributed by atoms with E-state index < -0.39 is 0 Å². The maximum Gasteiger partial charge on any atom is 0.324 e. The quantitative estimate of drug-likeness (QED) is 0.750. The molecule has 0 aromatic carbocycles. The number of nitrogens with one attached hydrogen (secondary N) is 1. The van der Waals surface area contributed by atoms with E-state index in [0.29, 0.717) is 17.9 Å². The molecule has 1 N–H and O–H groups in total. The summed E-state index contributed by atoms with van der Waals surface area (Å²) >= 11 is 0. The zero-order valence-electron chi connectivity index (χ0n) is 11.7. The number of methoxy groups -OCH3 is 1. The summed E-state index contributed by atoms with van der Waals surface area (Å²) in [6, 6.07) is 0.312. The average Bonchev–Trinajstić information content (AvgIpc) is 2.30. The van der Waals surface area contributed by atoms with Gasteiger partial charge in [0.2, 0.25) is 0 Å². The van der Waals surface area contributed by atoms with Crippen molar-refractivity contribution in [3.05, 3.63) is 0 Å². The average molecular weight is 242 g/mol. The van der Waals surface area contributed by atoms with Crippen LogP contribution < -0.4 is 5.32 Å². The van der Waals surface area contributed by atoms with Gasteiger partial charge in [-0.3, -0.25) is 9.69 Å². The van der Waals surface area contributed by atoms with Gasteiger partial charge in [-0.05, 0) is 32.2 Å². The van der Waals surface area contributed by atoms with Gasteiger partial charge in [0.05, 0.1) is 7.11 Å². The number of nitrogens with zero attached hydrogens (tertiary/aromatic N) is 1. The molecule has 4 atom stereocenters. The molecule has 1 rings (SSSR count). The van der Waals surface area contributed by atoms with Gasteiger partial charge >= 0.3 is 5.97 Å². The van der Waals surface area contributed by atoms with Crippen molar-refractivity contribution in [1.29, 1.82) is 0 Å². The zero-order chi connectivity index (χ0) is 13.0. The van der Waals surface area contributed by atoms with Crippen molar-refractivity contribution in [2.24, 2.45) is 11.8 Å². The highest BCUT2D eigenvalue weighted by molar-refractivity contribution is 5.75. The minimum Gasteiger partial charge on any atom is -0.468 e. The Hall–Kier alpha value is -0.610. The summed E-state index contributed by atoms with van der Waals surface area (Å²) in [5.41, 5.74) is 0. The molecule has 0 saturated carbocycles. The maximum atomic E-state index is 11.6. The number of ether oxygens (including phenoxy) is 1. The molecule has 1 fully saturated rings. The van der Waals surface area contributed by atoms with Crippen molar-refractivity contribution in [2.45, 2.75) is 39.3 Å². The van der Waals surface area contributed by atoms with Crippen molar-refractivity contribution in [2.75, 3.05) is 27.2 Å². The van der Waals surface area contributed by atoms with E-state index in [2.05, 4.69) is 31.0 Å². The summed E-state index contributed by atoms with van der Waals surface area (Å²) in [4.78, 5) is 14.0. The van der Waals surface area contributed by atoms with Crippen LogP contribution in [0.15, 0.2) is 0 Å². The molecule has 1 aliphatic heterocycles. The van der Waals surface area contributed by atoms with Crippen molar-refractivity contribution in [3.8, 4) is 0 Å². The summed E-state index contributed by atoms with van der Waals surface area (Å²) in [5, 5.41) is 3.03. The highest BCUT2D eigenvalue weighted by atomic mass is 16.5. The number of rotatable bonds is 4. The predicted octanol–water partition coefficient (Wildman–Crippen LogP) is 1.11. The smallest absolute Gasteiger partial charge is 0.324 e. The van der Waals surface area contributed by atoms with Crippen LogP contribution in [-0.2, 0) is 9.53 Å². The molecular weight excluding hydrogens is 216 g/mol. The lowest BCUT2D eigenvalue weighted by molar-refractivity contribution is -0.144. The van der Waals surface area contributed by atoms with Crippen LogP contribution in [0.5, 0.6) is 0 Å². The number of piperidine rings is 1. The van der Waals surface area contributed by atoms with Crippen LogP contribution in [0.25, 0.3) is 0 Å². The van der Waals surface area contributed by atoms with Gasteiger partial charge in [-0.15, -0.1) is 0 Å². The van der Waals surface area contributed by atoms with E-state index in [0.717, 1.165) is 13.1 Å². The van der Waals surface area contributed by atoms with Crippen LogP contribution in [0.2, 0.25) is 0 Å². The molecule has 4 heteroatoms. The fraction of sp³-hybridized carbons (Fsp3) is 0.923. The summed E-state index contributed by atoms with van der Waals surface area (Å²) in [6.45, 7) is 8.63. The molecule has 0 amide bonds. The first kappa shape index (κ1) is 14.5. The second-order valence-electron chi connectivity index (χ2n) is 5.38. The van der Waals surface area contributed by atoms with E-state index >= 15 is 0 Å². The lowest BCUT2D eigenvalue weighted by Crippen LogP contribution is -2.53. The Labute approximate surface area is 105 Å². The minimum absolute atomic E-state index is 0.175. The van der Waals surface area contributed by atoms with Crippen LogP contribution >= 0.6 is 0 Å². The molecule has 4 nitrogen and oxygen atoms in total. The van der Waals surface area contributed by atoms with Crippen LogP contribution in [-0.4, -0.2) is 50.2 Å². The molecule has 1 aliphatic rings. The van der Waals surface area contributed by atoms with Crippen molar-refractivity contribution in [3.63, 3.8) is 0 Å². The normalized spacial score (nSPS) is 32.2. The van der Waals surface area contributed by atoms with Crippen LogP contribution in [0, 0.1) is 11.8 Å². The number of carbonyl (C=O) groups excluding carboxylic acids is 1. The maximum absolute atomic E-state index is 11.6. The topological polar surface area (TPSA) is 41.6 Å². The highest BCUT2D eigenvalue weighted by Gasteiger charge is 2.31. The van der Waals surface area contributed by atoms with Crippen LogP contribution in [0.3, 0.4) is 0 Å². The number of likely N-dealkylation sites (tertiary alicyclic amines) is 1. The molecule has 100 valence electrons. The fourth-order valence-corrected chi connectivity index (χ4v) is 2.73. The Balaban J connectivity index is 2.61. The molecule has 0 aromatic rings. The fourth-order valence-electron chi connectivity index (χ4n) is 2.73. The van der Waals surface area contributed by atoms with Gasteiger partial charge < -0.3 is 10.1 Å². The zero-order valence-corrected chi connectivity index (χ0v) is 11.7. The van der Waals surface area contributed by atoms with Gasteiger partial charge in [0, 0.05) is 19.1 Å². The summed E-state index contributed by atoms with van der Waals surface area (Å²) in [7, 11) is 3.25. The number of hydrogen-bond donors (Lipinski definition) is 1. The standard InChI is InChI=1S/C13H26N2O2/c1-9-6-10(2)11(3)15(7-9)8-12(14-4)13(16)17-5/h9-12,14H,6-8H2,1-5H3. The largest absolute Gasteiger partial charge is 0.468 e. The van der Waals surface area contributed by atoms with E-state index in [4.69, 9.17) is 4.74 Å². The Bertz CT molecular complexity index is 258. The van der Waals surface area contributed by atoms with E-state index in [1.54, 1.807) is 0 Å². The second-order valence-corrected chi connectivity index (χ2v) is 5.38. The lowest BCUT2D eigenvalue weighted by Gasteiger charge is -2.42. The first-order valence-electron chi connectivity index (χ1n) is 6.48. The SMILES string of the molecule is CNC(CN1CC(C)CC(C)C1C)C(=O)OC. The third-order valence-electron chi connectivity index (χ3n) is 3.97. The second kappa shape index (κ2) is 6.36. The minimum atomic E-state index is -0.222. The van der Waals surface area contributed by atoms with Gasteiger partial charge in [0.1, 0.15) is 6.04 Å². The van der Waals surface area contributed by atoms with E-state index in [1.807, 2.05) is 7.05 Å². The third kappa shape index (κ3) is 3.68. The van der Waals surface area contributed by atoms with E-state index in [9.17, 15) is 4.79 Å². The monoisotopic (exact) mass is 242 g/mol. The van der Waals surface area contributed by atoms with Crippen LogP contribution in [0.1, 0.15) is 27.2 Å². The lowest BCUT2D eigenvalue weighted by atomic mass is 9.86. The van der Waals surface area contributed by atoms with E-state index in [-0.39, 0.29) is 12.0 Å². The third-order valence-corrected chi connectivity index (χ3v) is 3.97. The summed E-state index contributed by atoms with van der Waals surface area (Å²) in [6.07, 6.45) is 1.28. The first-order chi connectivity index (χ1) is 7.99.